The minimum atomic E-state index is 1.00. The zero-order valence-electron chi connectivity index (χ0n) is 8.06. The Balaban J connectivity index is 0.000000396. The van der Waals surface area contributed by atoms with Gasteiger partial charge in [0.2, 0.25) is 0 Å². The normalized spacial score (nSPS) is 9.54. The molecule has 2 heterocycles. The summed E-state index contributed by atoms with van der Waals surface area (Å²) in [7, 11) is 0. The molecule has 0 atom stereocenters. The molecule has 3 heteroatoms. The van der Waals surface area contributed by atoms with E-state index in [1.807, 2.05) is 32.3 Å². The lowest BCUT2D eigenvalue weighted by molar-refractivity contribution is 1.35. The predicted octanol–water partition coefficient (Wildman–Crippen LogP) is 3.66. The molecule has 1 N–H and O–H groups in total. The number of rotatable bonds is 0. The Bertz CT molecular complexity index is 393. The Morgan fingerprint density at radius 3 is 2.69 bits per heavy atom. The van der Waals surface area contributed by atoms with Crippen LogP contribution >= 0.6 is 15.9 Å². The fourth-order valence-electron chi connectivity index (χ4n) is 1.13. The number of hydrogen-bond donors (Lipinski definition) is 1. The topological polar surface area (TPSA) is 28.7 Å². The van der Waals surface area contributed by atoms with E-state index in [9.17, 15) is 0 Å². The molecular weight excluding hydrogens is 228 g/mol. The maximum absolute atomic E-state index is 4.22. The number of pyridine rings is 1. The number of fused-ring (bicyclic) bond motifs is 1. The standard InChI is InChI=1S/C8H7BrN2.C2H6/c1-5-2-3-10-8-6(9)4-11-7(5)8;1-2/h2-4,11H,1H3;1-2H3. The summed E-state index contributed by atoms with van der Waals surface area (Å²) in [6.45, 7) is 6.06. The second-order valence-electron chi connectivity index (χ2n) is 2.49. The summed E-state index contributed by atoms with van der Waals surface area (Å²) in [5.41, 5.74) is 3.34. The van der Waals surface area contributed by atoms with Crippen molar-refractivity contribution in [2.75, 3.05) is 0 Å². The minimum Gasteiger partial charge on any atom is -0.359 e. The zero-order valence-corrected chi connectivity index (χ0v) is 9.64. The van der Waals surface area contributed by atoms with Crippen LogP contribution in [-0.4, -0.2) is 9.97 Å². The molecule has 0 saturated heterocycles. The van der Waals surface area contributed by atoms with Crippen molar-refractivity contribution in [2.24, 2.45) is 0 Å². The number of hydrogen-bond acceptors (Lipinski definition) is 1. The van der Waals surface area contributed by atoms with Crippen LogP contribution in [0.2, 0.25) is 0 Å². The highest BCUT2D eigenvalue weighted by molar-refractivity contribution is 9.10. The Morgan fingerprint density at radius 2 is 2.08 bits per heavy atom. The summed E-state index contributed by atoms with van der Waals surface area (Å²) in [6.07, 6.45) is 3.72. The third kappa shape index (κ3) is 1.91. The summed E-state index contributed by atoms with van der Waals surface area (Å²) in [4.78, 5) is 7.37. The van der Waals surface area contributed by atoms with Gasteiger partial charge in [-0.1, -0.05) is 13.8 Å². The molecule has 0 saturated carbocycles. The molecular formula is C10H13BrN2. The molecule has 70 valence electrons. The third-order valence-electron chi connectivity index (χ3n) is 1.73. The molecule has 2 rings (SSSR count). The van der Waals surface area contributed by atoms with Crippen molar-refractivity contribution in [3.63, 3.8) is 0 Å². The first-order chi connectivity index (χ1) is 6.29. The van der Waals surface area contributed by atoms with Crippen molar-refractivity contribution in [2.45, 2.75) is 20.8 Å². The van der Waals surface area contributed by atoms with Crippen molar-refractivity contribution in [3.05, 3.63) is 28.5 Å². The summed E-state index contributed by atoms with van der Waals surface area (Å²) >= 11 is 3.41. The van der Waals surface area contributed by atoms with Gasteiger partial charge in [0.1, 0.15) is 5.52 Å². The van der Waals surface area contributed by atoms with Gasteiger partial charge in [0, 0.05) is 12.4 Å². The van der Waals surface area contributed by atoms with Gasteiger partial charge in [-0.25, -0.2) is 0 Å². The van der Waals surface area contributed by atoms with Gasteiger partial charge in [-0.3, -0.25) is 4.98 Å². The Kier molecular flexibility index (Phi) is 3.48. The highest BCUT2D eigenvalue weighted by atomic mass is 79.9. The van der Waals surface area contributed by atoms with Gasteiger partial charge in [-0.2, -0.15) is 0 Å². The summed E-state index contributed by atoms with van der Waals surface area (Å²) in [5, 5.41) is 0. The van der Waals surface area contributed by atoms with E-state index >= 15 is 0 Å². The average Bonchev–Trinajstić information content (AvgIpc) is 2.53. The molecule has 0 spiro atoms. The summed E-state index contributed by atoms with van der Waals surface area (Å²) in [5.74, 6) is 0. The van der Waals surface area contributed by atoms with Crippen molar-refractivity contribution in [1.82, 2.24) is 9.97 Å². The monoisotopic (exact) mass is 240 g/mol. The van der Waals surface area contributed by atoms with E-state index in [1.54, 1.807) is 0 Å². The fraction of sp³-hybridized carbons (Fsp3) is 0.300. The molecule has 0 bridgehead atoms. The number of H-pyrrole nitrogens is 1. The molecule has 0 aromatic carbocycles. The zero-order chi connectivity index (χ0) is 9.84. The van der Waals surface area contributed by atoms with E-state index in [0.717, 1.165) is 15.5 Å². The van der Waals surface area contributed by atoms with Gasteiger partial charge in [-0.05, 0) is 34.5 Å². The van der Waals surface area contributed by atoms with Crippen molar-refractivity contribution >= 4 is 27.0 Å². The third-order valence-corrected chi connectivity index (χ3v) is 2.33. The first kappa shape index (κ1) is 10.3. The molecule has 0 fully saturated rings. The van der Waals surface area contributed by atoms with E-state index in [0.29, 0.717) is 0 Å². The van der Waals surface area contributed by atoms with Gasteiger partial charge < -0.3 is 4.98 Å². The van der Waals surface area contributed by atoms with E-state index in [2.05, 4.69) is 32.8 Å². The molecule has 13 heavy (non-hydrogen) atoms. The molecule has 0 aliphatic heterocycles. The number of halogens is 1. The van der Waals surface area contributed by atoms with Crippen LogP contribution in [0, 0.1) is 6.92 Å². The van der Waals surface area contributed by atoms with Crippen LogP contribution in [0.4, 0.5) is 0 Å². The second kappa shape index (κ2) is 4.42. The van der Waals surface area contributed by atoms with Crippen LogP contribution in [0.5, 0.6) is 0 Å². The molecule has 0 amide bonds. The van der Waals surface area contributed by atoms with Gasteiger partial charge in [-0.15, -0.1) is 0 Å². The van der Waals surface area contributed by atoms with Crippen molar-refractivity contribution in [3.8, 4) is 0 Å². The molecule has 2 aromatic rings. The SMILES string of the molecule is CC.Cc1ccnc2c(Br)c[nH]c12. The molecule has 0 unspecified atom stereocenters. The lowest BCUT2D eigenvalue weighted by Gasteiger charge is -1.92. The van der Waals surface area contributed by atoms with Crippen molar-refractivity contribution in [1.29, 1.82) is 0 Å². The lowest BCUT2D eigenvalue weighted by atomic mass is 10.2. The number of aromatic nitrogens is 2. The van der Waals surface area contributed by atoms with E-state index in [-0.39, 0.29) is 0 Å². The van der Waals surface area contributed by atoms with Crippen LogP contribution in [-0.2, 0) is 0 Å². The van der Waals surface area contributed by atoms with Crippen LogP contribution in [0.1, 0.15) is 19.4 Å². The predicted molar refractivity (Wildman–Crippen MR) is 59.9 cm³/mol. The Labute approximate surface area is 86.5 Å². The van der Waals surface area contributed by atoms with Gasteiger partial charge >= 0.3 is 0 Å². The van der Waals surface area contributed by atoms with Crippen LogP contribution < -0.4 is 0 Å². The highest BCUT2D eigenvalue weighted by Gasteiger charge is 2.02. The largest absolute Gasteiger partial charge is 0.359 e. The smallest absolute Gasteiger partial charge is 0.102 e. The lowest BCUT2D eigenvalue weighted by Crippen LogP contribution is -1.78. The summed E-state index contributed by atoms with van der Waals surface area (Å²) < 4.78 is 1.02. The molecule has 0 radical (unpaired) electrons. The quantitative estimate of drug-likeness (QED) is 0.749. The Morgan fingerprint density at radius 1 is 1.38 bits per heavy atom. The molecule has 0 aliphatic rings. The fourth-order valence-corrected chi connectivity index (χ4v) is 1.54. The second-order valence-corrected chi connectivity index (χ2v) is 3.34. The maximum Gasteiger partial charge on any atom is 0.102 e. The molecule has 0 aliphatic carbocycles. The Hall–Kier alpha value is -0.830. The summed E-state index contributed by atoms with van der Waals surface area (Å²) in [6, 6.07) is 1.99. The first-order valence-corrected chi connectivity index (χ1v) is 5.16. The van der Waals surface area contributed by atoms with Crippen LogP contribution in [0.25, 0.3) is 11.0 Å². The van der Waals surface area contributed by atoms with E-state index in [1.165, 1.54) is 5.56 Å². The van der Waals surface area contributed by atoms with Crippen LogP contribution in [0.15, 0.2) is 22.9 Å². The van der Waals surface area contributed by atoms with Gasteiger partial charge in [0.15, 0.2) is 0 Å². The van der Waals surface area contributed by atoms with E-state index in [4.69, 9.17) is 0 Å². The molecule has 2 aromatic heterocycles. The van der Waals surface area contributed by atoms with Gasteiger partial charge in [0.05, 0.1) is 9.99 Å². The number of aryl methyl sites for hydroxylation is 1. The highest BCUT2D eigenvalue weighted by Crippen LogP contribution is 2.22. The first-order valence-electron chi connectivity index (χ1n) is 4.37. The molecule has 2 nitrogen and oxygen atoms in total. The number of nitrogens with zero attached hydrogens (tertiary/aromatic N) is 1. The minimum absolute atomic E-state index is 1.00. The van der Waals surface area contributed by atoms with E-state index < -0.39 is 0 Å². The van der Waals surface area contributed by atoms with Crippen molar-refractivity contribution < 1.29 is 0 Å². The number of aromatic amines is 1. The number of nitrogens with one attached hydrogen (secondary N) is 1. The van der Waals surface area contributed by atoms with Gasteiger partial charge in [0.25, 0.3) is 0 Å². The maximum atomic E-state index is 4.22. The average molecular weight is 241 g/mol. The van der Waals surface area contributed by atoms with Crippen LogP contribution in [0.3, 0.4) is 0 Å².